The minimum Gasteiger partial charge on any atom is -0.489 e. The molecule has 5 nitrogen and oxygen atoms in total. The molecule has 0 aliphatic rings. The second-order valence-electron chi connectivity index (χ2n) is 5.41. The lowest BCUT2D eigenvalue weighted by Gasteiger charge is -2.08. The Kier molecular flexibility index (Phi) is 5.66. The van der Waals surface area contributed by atoms with Crippen LogP contribution in [-0.2, 0) is 11.3 Å². The van der Waals surface area contributed by atoms with Crippen molar-refractivity contribution in [2.75, 3.05) is 12.4 Å². The Balaban J connectivity index is 1.62. The van der Waals surface area contributed by atoms with E-state index in [1.807, 2.05) is 42.5 Å². The van der Waals surface area contributed by atoms with E-state index >= 15 is 0 Å². The number of amides is 1. The molecule has 0 spiro atoms. The summed E-state index contributed by atoms with van der Waals surface area (Å²) >= 11 is 1.27. The standard InChI is InChI=1S/C20H17NO4S/c1-24-20(23)17-11-12-26-19(17)21-18(22)15-9-7-14(8-10-15)13-25-16-5-3-2-4-6-16/h2-12H,13H2,1H3,(H,21,22). The van der Waals surface area contributed by atoms with Crippen LogP contribution >= 0.6 is 11.3 Å². The summed E-state index contributed by atoms with van der Waals surface area (Å²) in [4.78, 5) is 24.0. The average Bonchev–Trinajstić information content (AvgIpc) is 3.15. The molecule has 0 fully saturated rings. The van der Waals surface area contributed by atoms with Crippen molar-refractivity contribution in [3.05, 3.63) is 82.7 Å². The van der Waals surface area contributed by atoms with Crippen LogP contribution in [0, 0.1) is 0 Å². The van der Waals surface area contributed by atoms with Gasteiger partial charge in [-0.05, 0) is 41.3 Å². The molecule has 132 valence electrons. The number of para-hydroxylation sites is 1. The predicted octanol–water partition coefficient (Wildman–Crippen LogP) is 4.37. The molecule has 1 heterocycles. The number of carbonyl (C=O) groups is 2. The third kappa shape index (κ3) is 4.29. The number of esters is 1. The van der Waals surface area contributed by atoms with Gasteiger partial charge in [0.1, 0.15) is 17.4 Å². The number of hydrogen-bond donors (Lipinski definition) is 1. The van der Waals surface area contributed by atoms with E-state index in [9.17, 15) is 9.59 Å². The molecule has 0 saturated carbocycles. The summed E-state index contributed by atoms with van der Waals surface area (Å²) in [5, 5.41) is 4.95. The second-order valence-corrected chi connectivity index (χ2v) is 6.32. The highest BCUT2D eigenvalue weighted by molar-refractivity contribution is 7.14. The fourth-order valence-corrected chi connectivity index (χ4v) is 3.06. The molecule has 1 aromatic heterocycles. The van der Waals surface area contributed by atoms with Crippen molar-refractivity contribution >= 4 is 28.2 Å². The molecule has 6 heteroatoms. The highest BCUT2D eigenvalue weighted by Gasteiger charge is 2.16. The van der Waals surface area contributed by atoms with E-state index in [-0.39, 0.29) is 5.91 Å². The number of rotatable bonds is 6. The zero-order chi connectivity index (χ0) is 18.4. The normalized spacial score (nSPS) is 10.2. The summed E-state index contributed by atoms with van der Waals surface area (Å²) < 4.78 is 10.4. The number of anilines is 1. The van der Waals surface area contributed by atoms with Crippen molar-refractivity contribution in [3.63, 3.8) is 0 Å². The lowest BCUT2D eigenvalue weighted by molar-refractivity contribution is 0.0602. The van der Waals surface area contributed by atoms with E-state index in [4.69, 9.17) is 9.47 Å². The Morgan fingerprint density at radius 1 is 1.00 bits per heavy atom. The van der Waals surface area contributed by atoms with Gasteiger partial charge in [0.05, 0.1) is 12.7 Å². The Bertz CT molecular complexity index is 888. The number of methoxy groups -OCH3 is 1. The van der Waals surface area contributed by atoms with Crippen LogP contribution in [-0.4, -0.2) is 19.0 Å². The fourth-order valence-electron chi connectivity index (χ4n) is 2.29. The Morgan fingerprint density at radius 2 is 1.73 bits per heavy atom. The van der Waals surface area contributed by atoms with Gasteiger partial charge in [0.15, 0.2) is 0 Å². The Labute approximate surface area is 155 Å². The Morgan fingerprint density at radius 3 is 2.42 bits per heavy atom. The molecule has 26 heavy (non-hydrogen) atoms. The van der Waals surface area contributed by atoms with Crippen LogP contribution in [0.3, 0.4) is 0 Å². The molecule has 0 unspecified atom stereocenters. The average molecular weight is 367 g/mol. The number of benzene rings is 2. The van der Waals surface area contributed by atoms with Crippen LogP contribution in [0.15, 0.2) is 66.0 Å². The summed E-state index contributed by atoms with van der Waals surface area (Å²) in [5.41, 5.74) is 1.80. The highest BCUT2D eigenvalue weighted by atomic mass is 32.1. The van der Waals surface area contributed by atoms with E-state index in [1.54, 1.807) is 23.6 Å². The fraction of sp³-hybridized carbons (Fsp3) is 0.100. The van der Waals surface area contributed by atoms with Crippen LogP contribution in [0.5, 0.6) is 5.75 Å². The first-order valence-corrected chi connectivity index (χ1v) is 8.79. The molecule has 0 aliphatic heterocycles. The molecule has 1 N–H and O–H groups in total. The van der Waals surface area contributed by atoms with Gasteiger partial charge in [-0.2, -0.15) is 0 Å². The molecule has 2 aromatic carbocycles. The molecule has 0 bridgehead atoms. The maximum atomic E-state index is 12.4. The zero-order valence-corrected chi connectivity index (χ0v) is 14.9. The lowest BCUT2D eigenvalue weighted by Crippen LogP contribution is -2.13. The van der Waals surface area contributed by atoms with Crippen LogP contribution in [0.1, 0.15) is 26.3 Å². The van der Waals surface area contributed by atoms with Gasteiger partial charge >= 0.3 is 5.97 Å². The largest absolute Gasteiger partial charge is 0.489 e. The third-order valence-electron chi connectivity index (χ3n) is 3.66. The zero-order valence-electron chi connectivity index (χ0n) is 14.1. The van der Waals surface area contributed by atoms with E-state index < -0.39 is 5.97 Å². The van der Waals surface area contributed by atoms with Crippen molar-refractivity contribution in [2.24, 2.45) is 0 Å². The molecule has 0 aliphatic carbocycles. The maximum absolute atomic E-state index is 12.4. The molecule has 3 rings (SSSR count). The number of hydrogen-bond acceptors (Lipinski definition) is 5. The van der Waals surface area contributed by atoms with E-state index in [0.29, 0.717) is 22.7 Å². The minimum atomic E-state index is -0.477. The number of ether oxygens (including phenoxy) is 2. The smallest absolute Gasteiger partial charge is 0.340 e. The maximum Gasteiger partial charge on any atom is 0.340 e. The quantitative estimate of drug-likeness (QED) is 0.657. The summed E-state index contributed by atoms with van der Waals surface area (Å²) in [7, 11) is 1.31. The van der Waals surface area contributed by atoms with Gasteiger partial charge in [-0.1, -0.05) is 30.3 Å². The van der Waals surface area contributed by atoms with Gasteiger partial charge in [0.2, 0.25) is 0 Å². The van der Waals surface area contributed by atoms with E-state index in [1.165, 1.54) is 18.4 Å². The van der Waals surface area contributed by atoms with Crippen molar-refractivity contribution in [2.45, 2.75) is 6.61 Å². The van der Waals surface area contributed by atoms with E-state index in [0.717, 1.165) is 11.3 Å². The van der Waals surface area contributed by atoms with Gasteiger partial charge in [0.25, 0.3) is 5.91 Å². The third-order valence-corrected chi connectivity index (χ3v) is 4.49. The molecule has 0 radical (unpaired) electrons. The molecule has 0 atom stereocenters. The highest BCUT2D eigenvalue weighted by Crippen LogP contribution is 2.24. The molecular weight excluding hydrogens is 350 g/mol. The first kappa shape index (κ1) is 17.7. The molecule has 0 saturated heterocycles. The van der Waals surface area contributed by atoms with Gasteiger partial charge < -0.3 is 14.8 Å². The van der Waals surface area contributed by atoms with Crippen LogP contribution in [0.25, 0.3) is 0 Å². The van der Waals surface area contributed by atoms with Crippen molar-refractivity contribution in [3.8, 4) is 5.75 Å². The van der Waals surface area contributed by atoms with Crippen LogP contribution in [0.4, 0.5) is 5.00 Å². The van der Waals surface area contributed by atoms with Gasteiger partial charge in [-0.25, -0.2) is 4.79 Å². The van der Waals surface area contributed by atoms with E-state index in [2.05, 4.69) is 5.32 Å². The second kappa shape index (κ2) is 8.31. The number of carbonyl (C=O) groups excluding carboxylic acids is 2. The summed E-state index contributed by atoms with van der Waals surface area (Å²) in [6, 6.07) is 18.3. The lowest BCUT2D eigenvalue weighted by atomic mass is 10.1. The van der Waals surface area contributed by atoms with Crippen molar-refractivity contribution in [1.29, 1.82) is 0 Å². The first-order valence-electron chi connectivity index (χ1n) is 7.91. The van der Waals surface area contributed by atoms with Gasteiger partial charge in [-0.15, -0.1) is 11.3 Å². The van der Waals surface area contributed by atoms with Crippen molar-refractivity contribution < 1.29 is 19.1 Å². The minimum absolute atomic E-state index is 0.284. The van der Waals surface area contributed by atoms with Gasteiger partial charge in [-0.3, -0.25) is 4.79 Å². The topological polar surface area (TPSA) is 64.6 Å². The molecular formula is C20H17NO4S. The molecule has 3 aromatic rings. The predicted molar refractivity (Wildman–Crippen MR) is 101 cm³/mol. The SMILES string of the molecule is COC(=O)c1ccsc1NC(=O)c1ccc(COc2ccccc2)cc1. The number of nitrogens with one attached hydrogen (secondary N) is 1. The summed E-state index contributed by atoms with van der Waals surface area (Å²) in [5.74, 6) is 0.0328. The monoisotopic (exact) mass is 367 g/mol. The molecule has 1 amide bonds. The number of thiophene rings is 1. The van der Waals surface area contributed by atoms with Crippen LogP contribution in [0.2, 0.25) is 0 Å². The Hall–Kier alpha value is -3.12. The van der Waals surface area contributed by atoms with Crippen LogP contribution < -0.4 is 10.1 Å². The summed E-state index contributed by atoms with van der Waals surface area (Å²) in [6.07, 6.45) is 0. The summed E-state index contributed by atoms with van der Waals surface area (Å²) in [6.45, 7) is 0.420. The van der Waals surface area contributed by atoms with Gasteiger partial charge in [0, 0.05) is 5.56 Å². The van der Waals surface area contributed by atoms with Crippen molar-refractivity contribution in [1.82, 2.24) is 0 Å². The first-order chi connectivity index (χ1) is 12.7.